The van der Waals surface area contributed by atoms with Crippen LogP contribution < -0.4 is 15.8 Å². The van der Waals surface area contributed by atoms with Crippen LogP contribution in [0.15, 0.2) is 65.6 Å². The second-order valence-corrected chi connectivity index (χ2v) is 15.3. The normalized spacial score (nSPS) is 17.2. The minimum atomic E-state index is -4.19. The average Bonchev–Trinajstić information content (AvgIpc) is 3.60. The standard InChI is InChI=1S/C36H38Cl2N6O5S/c1-21-19-22(2)41-33-26(21)5-3-7-30(33)49-20-27-28(37)12-13-31(32(27)38)50(47,48)44-16-4-6-29(44)35(45)42-25-14-17-43(18-15-25)36(46)24-10-8-23(9-11-24)34(39)40/h3,5,7-13,19,25,29H,4,6,14-18,20H2,1-2H3,(H3,39,40)(H,42,45). The van der Waals surface area contributed by atoms with Crippen molar-refractivity contribution in [1.82, 2.24) is 19.5 Å². The Balaban J connectivity index is 1.12. The molecule has 0 bridgehead atoms. The number of aromatic nitrogens is 1. The Morgan fingerprint density at radius 2 is 1.70 bits per heavy atom. The van der Waals surface area contributed by atoms with Gasteiger partial charge in [0.05, 0.1) is 5.02 Å². The van der Waals surface area contributed by atoms with Crippen molar-refractivity contribution in [2.24, 2.45) is 5.73 Å². The number of nitrogens with zero attached hydrogens (tertiary/aromatic N) is 3. The molecule has 11 nitrogen and oxygen atoms in total. The van der Waals surface area contributed by atoms with Crippen molar-refractivity contribution < 1.29 is 22.7 Å². The third kappa shape index (κ3) is 7.16. The SMILES string of the molecule is Cc1cc(C)c2cccc(OCc3c(Cl)ccc(S(=O)(=O)N4CCCC4C(=O)NC4CCN(C(=O)c5ccc(C(=N)N)cc5)CC4)c3Cl)c2n1. The van der Waals surface area contributed by atoms with Gasteiger partial charge in [-0.15, -0.1) is 0 Å². The van der Waals surface area contributed by atoms with E-state index in [9.17, 15) is 18.0 Å². The number of para-hydroxylation sites is 1. The highest BCUT2D eigenvalue weighted by atomic mass is 35.5. The number of nitrogen functional groups attached to an aromatic ring is 1. The average molecular weight is 738 g/mol. The Bertz CT molecular complexity index is 2090. The molecule has 0 radical (unpaired) electrons. The number of nitrogens with two attached hydrogens (primary N) is 1. The Hall–Kier alpha value is -4.23. The topological polar surface area (TPSA) is 159 Å². The summed E-state index contributed by atoms with van der Waals surface area (Å²) in [4.78, 5) is 32.8. The van der Waals surface area contributed by atoms with Gasteiger partial charge in [0.25, 0.3) is 5.91 Å². The Morgan fingerprint density at radius 1 is 1.00 bits per heavy atom. The second-order valence-electron chi connectivity index (χ2n) is 12.7. The molecule has 2 aliphatic rings. The van der Waals surface area contributed by atoms with Gasteiger partial charge in [-0.2, -0.15) is 4.31 Å². The Kier molecular flexibility index (Phi) is 10.4. The van der Waals surface area contributed by atoms with Gasteiger partial charge in [-0.1, -0.05) is 47.5 Å². The highest BCUT2D eigenvalue weighted by Crippen LogP contribution is 2.37. The number of amides is 2. The van der Waals surface area contributed by atoms with E-state index in [0.717, 1.165) is 16.6 Å². The number of carbonyl (C=O) groups is 2. The predicted octanol–water partition coefficient (Wildman–Crippen LogP) is 5.60. The summed E-state index contributed by atoms with van der Waals surface area (Å²) in [6.45, 7) is 4.85. The van der Waals surface area contributed by atoms with Gasteiger partial charge in [0.2, 0.25) is 15.9 Å². The number of piperidine rings is 1. The van der Waals surface area contributed by atoms with E-state index < -0.39 is 16.1 Å². The van der Waals surface area contributed by atoms with Gasteiger partial charge in [-0.25, -0.2) is 13.4 Å². The zero-order valence-corrected chi connectivity index (χ0v) is 30.0. The van der Waals surface area contributed by atoms with Gasteiger partial charge in [0.1, 0.15) is 34.6 Å². The summed E-state index contributed by atoms with van der Waals surface area (Å²) >= 11 is 13.3. The van der Waals surface area contributed by atoms with Crippen LogP contribution >= 0.6 is 23.2 Å². The van der Waals surface area contributed by atoms with Crippen LogP contribution in [0.1, 0.15) is 58.4 Å². The molecular formula is C36H38Cl2N6O5S. The predicted molar refractivity (Wildman–Crippen MR) is 193 cm³/mol. The van der Waals surface area contributed by atoms with E-state index in [2.05, 4.69) is 10.3 Å². The van der Waals surface area contributed by atoms with Crippen molar-refractivity contribution in [3.63, 3.8) is 0 Å². The summed E-state index contributed by atoms with van der Waals surface area (Å²) in [5, 5.41) is 11.7. The molecule has 2 aliphatic heterocycles. The molecule has 14 heteroatoms. The number of halogens is 2. The van der Waals surface area contributed by atoms with Crippen LogP contribution in [0.25, 0.3) is 10.9 Å². The van der Waals surface area contributed by atoms with Crippen LogP contribution in [-0.2, 0) is 21.4 Å². The van der Waals surface area contributed by atoms with Crippen molar-refractivity contribution in [2.45, 2.75) is 63.1 Å². The van der Waals surface area contributed by atoms with E-state index in [-0.39, 0.29) is 51.8 Å². The number of sulfonamides is 1. The summed E-state index contributed by atoms with van der Waals surface area (Å²) in [6.07, 6.45) is 1.94. The van der Waals surface area contributed by atoms with Crippen LogP contribution in [0.4, 0.5) is 0 Å². The Morgan fingerprint density at radius 3 is 2.40 bits per heavy atom. The fraction of sp³-hybridized carbons (Fsp3) is 0.333. The number of likely N-dealkylation sites (tertiary alicyclic amines) is 1. The lowest BCUT2D eigenvalue weighted by molar-refractivity contribution is -0.125. The number of carbonyl (C=O) groups excluding carboxylic acids is 2. The van der Waals surface area contributed by atoms with Crippen molar-refractivity contribution >= 4 is 61.8 Å². The third-order valence-electron chi connectivity index (χ3n) is 9.32. The molecule has 4 N–H and O–H groups in total. The lowest BCUT2D eigenvalue weighted by Crippen LogP contribution is -2.52. The van der Waals surface area contributed by atoms with E-state index in [1.165, 1.54) is 16.4 Å². The molecule has 0 spiro atoms. The van der Waals surface area contributed by atoms with Crippen LogP contribution in [0, 0.1) is 19.3 Å². The fourth-order valence-electron chi connectivity index (χ4n) is 6.65. The van der Waals surface area contributed by atoms with E-state index in [4.69, 9.17) is 39.1 Å². The number of pyridine rings is 1. The van der Waals surface area contributed by atoms with Crippen LogP contribution in [-0.4, -0.2) is 72.0 Å². The summed E-state index contributed by atoms with van der Waals surface area (Å²) in [5.41, 5.74) is 9.44. The molecule has 0 aliphatic carbocycles. The first-order valence-corrected chi connectivity index (χ1v) is 18.6. The first-order chi connectivity index (χ1) is 23.8. The first-order valence-electron chi connectivity index (χ1n) is 16.4. The number of rotatable bonds is 9. The molecule has 50 heavy (non-hydrogen) atoms. The van der Waals surface area contributed by atoms with Gasteiger partial charge in [-0.3, -0.25) is 15.0 Å². The first kappa shape index (κ1) is 35.6. The maximum Gasteiger partial charge on any atom is 0.253 e. The maximum atomic E-state index is 14.1. The lowest BCUT2D eigenvalue weighted by atomic mass is 10.0. The van der Waals surface area contributed by atoms with Crippen molar-refractivity contribution in [3.05, 3.63) is 98.7 Å². The summed E-state index contributed by atoms with van der Waals surface area (Å²) in [5.74, 6) is -0.0648. The molecule has 3 heterocycles. The third-order valence-corrected chi connectivity index (χ3v) is 12.2. The van der Waals surface area contributed by atoms with Gasteiger partial charge in [-0.05, 0) is 81.5 Å². The summed E-state index contributed by atoms with van der Waals surface area (Å²) in [6, 6.07) is 15.9. The molecule has 1 unspecified atom stereocenters. The number of nitrogens with one attached hydrogen (secondary N) is 2. The van der Waals surface area contributed by atoms with Crippen LogP contribution in [0.2, 0.25) is 10.0 Å². The number of hydrogen-bond acceptors (Lipinski definition) is 7. The number of amidine groups is 1. The smallest absolute Gasteiger partial charge is 0.253 e. The molecule has 3 aromatic carbocycles. The number of aryl methyl sites for hydroxylation is 2. The minimum Gasteiger partial charge on any atom is -0.487 e. The second kappa shape index (κ2) is 14.6. The molecule has 6 rings (SSSR count). The zero-order chi connectivity index (χ0) is 35.7. The number of ether oxygens (including phenoxy) is 1. The largest absolute Gasteiger partial charge is 0.487 e. The zero-order valence-electron chi connectivity index (χ0n) is 27.7. The monoisotopic (exact) mass is 736 g/mol. The molecular weight excluding hydrogens is 699 g/mol. The highest BCUT2D eigenvalue weighted by molar-refractivity contribution is 7.89. The molecule has 2 amide bonds. The van der Waals surface area contributed by atoms with Gasteiger partial charge < -0.3 is 20.7 Å². The molecule has 1 aromatic heterocycles. The molecule has 262 valence electrons. The summed E-state index contributed by atoms with van der Waals surface area (Å²) < 4.78 is 35.5. The molecule has 0 saturated carbocycles. The van der Waals surface area contributed by atoms with E-state index in [1.807, 2.05) is 32.0 Å². The molecule has 1 atom stereocenters. The van der Waals surface area contributed by atoms with Crippen molar-refractivity contribution in [1.29, 1.82) is 5.41 Å². The van der Waals surface area contributed by atoms with Crippen molar-refractivity contribution in [2.75, 3.05) is 19.6 Å². The van der Waals surface area contributed by atoms with Crippen molar-refractivity contribution in [3.8, 4) is 5.75 Å². The number of benzene rings is 3. The number of hydrogen-bond donors (Lipinski definition) is 3. The molecule has 4 aromatic rings. The minimum absolute atomic E-state index is 0.0583. The van der Waals surface area contributed by atoms with E-state index in [0.29, 0.717) is 66.7 Å². The maximum absolute atomic E-state index is 14.1. The molecule has 2 saturated heterocycles. The highest BCUT2D eigenvalue weighted by Gasteiger charge is 2.41. The summed E-state index contributed by atoms with van der Waals surface area (Å²) in [7, 11) is -4.19. The van der Waals surface area contributed by atoms with Gasteiger partial charge in [0.15, 0.2) is 0 Å². The fourth-order valence-corrected chi connectivity index (χ4v) is 9.17. The lowest BCUT2D eigenvalue weighted by Gasteiger charge is -2.33. The van der Waals surface area contributed by atoms with E-state index >= 15 is 0 Å². The quantitative estimate of drug-likeness (QED) is 0.149. The van der Waals surface area contributed by atoms with Crippen LogP contribution in [0.5, 0.6) is 5.75 Å². The van der Waals surface area contributed by atoms with Gasteiger partial charge in [0, 0.05) is 58.5 Å². The van der Waals surface area contributed by atoms with Crippen LogP contribution in [0.3, 0.4) is 0 Å². The number of fused-ring (bicyclic) bond motifs is 1. The van der Waals surface area contributed by atoms with E-state index in [1.54, 1.807) is 35.2 Å². The molecule has 2 fully saturated rings. The van der Waals surface area contributed by atoms with Gasteiger partial charge >= 0.3 is 0 Å². The Labute approximate surface area is 301 Å².